The molecule has 0 radical (unpaired) electrons. The molecule has 1 rings (SSSR count). The highest BCUT2D eigenvalue weighted by Gasteiger charge is 2.11. The Balaban J connectivity index is 2.33. The van der Waals surface area contributed by atoms with Crippen LogP contribution in [0.1, 0.15) is 23.2 Å². The number of halogens is 1. The van der Waals surface area contributed by atoms with Crippen LogP contribution >= 0.6 is 15.9 Å². The molecule has 0 atom stereocenters. The van der Waals surface area contributed by atoms with Crippen LogP contribution in [0.5, 0.6) is 0 Å². The van der Waals surface area contributed by atoms with Crippen LogP contribution in [0.4, 0.5) is 0 Å². The van der Waals surface area contributed by atoms with Crippen molar-refractivity contribution in [3.8, 4) is 0 Å². The molecule has 0 aliphatic carbocycles. The molecule has 112 valence electrons. The minimum absolute atomic E-state index is 0.0947. The highest BCUT2D eigenvalue weighted by molar-refractivity contribution is 9.10. The number of Topliss-reactive ketones (excluding diaryl/α,β-unsaturated/α-hetero) is 1. The summed E-state index contributed by atoms with van der Waals surface area (Å²) < 4.78 is 5.13. The maximum atomic E-state index is 11.9. The fraction of sp³-hybridized carbons (Fsp3) is 0.267. The Morgan fingerprint density at radius 1 is 1.24 bits per heavy atom. The number of hydrogen-bond donors (Lipinski definition) is 1. The van der Waals surface area contributed by atoms with Gasteiger partial charge in [0.1, 0.15) is 0 Å². The molecule has 0 saturated carbocycles. The van der Waals surface area contributed by atoms with E-state index in [2.05, 4.69) is 26.0 Å². The average molecular weight is 354 g/mol. The van der Waals surface area contributed by atoms with Crippen molar-refractivity contribution in [1.82, 2.24) is 5.32 Å². The zero-order chi connectivity index (χ0) is 15.7. The summed E-state index contributed by atoms with van der Waals surface area (Å²) in [6, 6.07) is 7.09. The number of carbonyl (C=O) groups is 3. The summed E-state index contributed by atoms with van der Waals surface area (Å²) in [6.07, 6.45) is 2.95. The van der Waals surface area contributed by atoms with E-state index >= 15 is 0 Å². The van der Waals surface area contributed by atoms with Crippen molar-refractivity contribution in [1.29, 1.82) is 0 Å². The van der Waals surface area contributed by atoms with E-state index in [0.29, 0.717) is 5.56 Å². The van der Waals surface area contributed by atoms with Crippen LogP contribution in [-0.4, -0.2) is 31.3 Å². The third kappa shape index (κ3) is 6.35. The second kappa shape index (κ2) is 9.07. The number of hydrogen-bond acceptors (Lipinski definition) is 4. The average Bonchev–Trinajstić information content (AvgIpc) is 2.49. The van der Waals surface area contributed by atoms with Crippen LogP contribution in [0.15, 0.2) is 40.9 Å². The van der Waals surface area contributed by atoms with Crippen molar-refractivity contribution in [2.24, 2.45) is 0 Å². The van der Waals surface area contributed by atoms with E-state index < -0.39 is 5.97 Å². The van der Waals surface area contributed by atoms with E-state index in [-0.39, 0.29) is 31.1 Å². The van der Waals surface area contributed by atoms with Gasteiger partial charge in [-0.3, -0.25) is 9.59 Å². The summed E-state index contributed by atoms with van der Waals surface area (Å²) in [6.45, 7) is 0.219. The summed E-state index contributed by atoms with van der Waals surface area (Å²) >= 11 is 3.30. The second-order valence-corrected chi connectivity index (χ2v) is 4.99. The minimum atomic E-state index is -0.478. The standard InChI is InChI=1S/C15H16BrNO4/c1-21-15(20)7-4-10-17-14(19)9-8-13(18)11-5-2-3-6-12(11)16/h2-7H,8-10H2,1H3,(H,17,19)/b7-4+. The first-order valence-electron chi connectivity index (χ1n) is 6.33. The molecule has 0 aromatic heterocycles. The van der Waals surface area contributed by atoms with Gasteiger partial charge >= 0.3 is 5.97 Å². The molecule has 1 N–H and O–H groups in total. The zero-order valence-electron chi connectivity index (χ0n) is 11.6. The lowest BCUT2D eigenvalue weighted by molar-refractivity contribution is -0.134. The van der Waals surface area contributed by atoms with Gasteiger partial charge in [0.2, 0.25) is 5.91 Å². The van der Waals surface area contributed by atoms with E-state index in [4.69, 9.17) is 0 Å². The largest absolute Gasteiger partial charge is 0.466 e. The van der Waals surface area contributed by atoms with Gasteiger partial charge in [-0.1, -0.05) is 40.2 Å². The fourth-order valence-corrected chi connectivity index (χ4v) is 2.04. The van der Waals surface area contributed by atoms with Crippen molar-refractivity contribution in [3.63, 3.8) is 0 Å². The van der Waals surface area contributed by atoms with Crippen LogP contribution < -0.4 is 5.32 Å². The van der Waals surface area contributed by atoms with Gasteiger partial charge in [-0.15, -0.1) is 0 Å². The number of benzene rings is 1. The normalized spacial score (nSPS) is 10.4. The quantitative estimate of drug-likeness (QED) is 0.463. The van der Waals surface area contributed by atoms with Crippen LogP contribution in [0, 0.1) is 0 Å². The predicted octanol–water partition coefficient (Wildman–Crippen LogP) is 2.26. The minimum Gasteiger partial charge on any atom is -0.466 e. The monoisotopic (exact) mass is 353 g/mol. The van der Waals surface area contributed by atoms with Crippen LogP contribution in [-0.2, 0) is 14.3 Å². The molecular weight excluding hydrogens is 338 g/mol. The SMILES string of the molecule is COC(=O)/C=C/CNC(=O)CCC(=O)c1ccccc1Br. The Morgan fingerprint density at radius 3 is 2.62 bits per heavy atom. The lowest BCUT2D eigenvalue weighted by Crippen LogP contribution is -2.24. The number of amides is 1. The number of ketones is 1. The predicted molar refractivity (Wildman–Crippen MR) is 81.9 cm³/mol. The molecule has 0 aliphatic heterocycles. The van der Waals surface area contributed by atoms with Crippen LogP contribution in [0.25, 0.3) is 0 Å². The van der Waals surface area contributed by atoms with Crippen molar-refractivity contribution in [2.45, 2.75) is 12.8 Å². The van der Waals surface area contributed by atoms with Gasteiger partial charge in [0.15, 0.2) is 5.78 Å². The van der Waals surface area contributed by atoms with E-state index in [1.54, 1.807) is 18.2 Å². The Bertz CT molecular complexity index is 554. The van der Waals surface area contributed by atoms with Crippen LogP contribution in [0.3, 0.4) is 0 Å². The van der Waals surface area contributed by atoms with Gasteiger partial charge in [0, 0.05) is 35.5 Å². The van der Waals surface area contributed by atoms with Crippen molar-refractivity contribution in [2.75, 3.05) is 13.7 Å². The molecule has 21 heavy (non-hydrogen) atoms. The Morgan fingerprint density at radius 2 is 1.95 bits per heavy atom. The van der Waals surface area contributed by atoms with E-state index in [9.17, 15) is 14.4 Å². The summed E-state index contributed by atoms with van der Waals surface area (Å²) in [5, 5.41) is 2.59. The molecule has 0 saturated heterocycles. The van der Waals surface area contributed by atoms with Gasteiger partial charge in [0.05, 0.1) is 7.11 Å². The number of carbonyl (C=O) groups excluding carboxylic acids is 3. The molecule has 5 nitrogen and oxygen atoms in total. The van der Waals surface area contributed by atoms with Gasteiger partial charge in [0.25, 0.3) is 0 Å². The summed E-state index contributed by atoms with van der Waals surface area (Å²) in [5.74, 6) is -0.819. The van der Waals surface area contributed by atoms with Gasteiger partial charge in [-0.05, 0) is 6.07 Å². The first-order chi connectivity index (χ1) is 10.0. The summed E-state index contributed by atoms with van der Waals surface area (Å²) in [5.41, 5.74) is 0.566. The number of esters is 1. The van der Waals surface area contributed by atoms with Gasteiger partial charge in [-0.2, -0.15) is 0 Å². The third-order valence-electron chi connectivity index (χ3n) is 2.63. The molecule has 1 amide bonds. The first-order valence-corrected chi connectivity index (χ1v) is 7.12. The lowest BCUT2D eigenvalue weighted by Gasteiger charge is -2.04. The molecule has 0 spiro atoms. The molecule has 0 heterocycles. The Hall–Kier alpha value is -1.95. The zero-order valence-corrected chi connectivity index (χ0v) is 13.2. The molecule has 0 unspecified atom stereocenters. The molecule has 0 bridgehead atoms. The van der Waals surface area contributed by atoms with E-state index in [0.717, 1.165) is 4.47 Å². The molecule has 0 aliphatic rings. The maximum Gasteiger partial charge on any atom is 0.330 e. The van der Waals surface area contributed by atoms with Crippen molar-refractivity contribution in [3.05, 3.63) is 46.5 Å². The summed E-state index contributed by atoms with van der Waals surface area (Å²) in [7, 11) is 1.28. The number of rotatable bonds is 7. The van der Waals surface area contributed by atoms with Crippen molar-refractivity contribution >= 4 is 33.6 Å². The maximum absolute atomic E-state index is 11.9. The Labute approximate surface area is 131 Å². The van der Waals surface area contributed by atoms with Gasteiger partial charge in [-0.25, -0.2) is 4.79 Å². The Kier molecular flexibility index (Phi) is 7.39. The number of methoxy groups -OCH3 is 1. The molecule has 1 aromatic rings. The van der Waals surface area contributed by atoms with Crippen LogP contribution in [0.2, 0.25) is 0 Å². The van der Waals surface area contributed by atoms with Gasteiger partial charge < -0.3 is 10.1 Å². The van der Waals surface area contributed by atoms with E-state index in [1.165, 1.54) is 19.3 Å². The summed E-state index contributed by atoms with van der Waals surface area (Å²) in [4.78, 5) is 34.3. The lowest BCUT2D eigenvalue weighted by atomic mass is 10.1. The topological polar surface area (TPSA) is 72.5 Å². The molecule has 0 fully saturated rings. The first kappa shape index (κ1) is 17.1. The highest BCUT2D eigenvalue weighted by Crippen LogP contribution is 2.17. The fourth-order valence-electron chi connectivity index (χ4n) is 1.53. The highest BCUT2D eigenvalue weighted by atomic mass is 79.9. The molecular formula is C15H16BrNO4. The van der Waals surface area contributed by atoms with Crippen molar-refractivity contribution < 1.29 is 19.1 Å². The smallest absolute Gasteiger partial charge is 0.330 e. The number of ether oxygens (including phenoxy) is 1. The third-order valence-corrected chi connectivity index (χ3v) is 3.32. The molecule has 1 aromatic carbocycles. The second-order valence-electron chi connectivity index (χ2n) is 4.13. The van der Waals surface area contributed by atoms with E-state index in [1.807, 2.05) is 6.07 Å². The molecule has 6 heteroatoms. The number of nitrogens with one attached hydrogen (secondary N) is 1.